The molecule has 0 saturated heterocycles. The fourth-order valence-corrected chi connectivity index (χ4v) is 3.19. The first-order valence-corrected chi connectivity index (χ1v) is 7.81. The highest BCUT2D eigenvalue weighted by molar-refractivity contribution is 7.16. The molecule has 0 amide bonds. The molecular formula is C15H13ClFN3OS. The zero-order valence-electron chi connectivity index (χ0n) is 11.8. The smallest absolute Gasteiger partial charge is 0.241 e. The summed E-state index contributed by atoms with van der Waals surface area (Å²) in [7, 11) is 1.97. The van der Waals surface area contributed by atoms with Crippen LogP contribution < -0.4 is 0 Å². The number of nitrogens with zero attached hydrogens (tertiary/aromatic N) is 3. The Hall–Kier alpha value is -1.76. The lowest BCUT2D eigenvalue weighted by Crippen LogP contribution is -2.16. The summed E-state index contributed by atoms with van der Waals surface area (Å²) >= 11 is 7.47. The Balaban J connectivity index is 1.65. The number of benzene rings is 1. The van der Waals surface area contributed by atoms with Gasteiger partial charge in [0.15, 0.2) is 0 Å². The highest BCUT2D eigenvalue weighted by atomic mass is 35.5. The van der Waals surface area contributed by atoms with Gasteiger partial charge in [-0.2, -0.15) is 4.98 Å². The Labute approximate surface area is 136 Å². The minimum atomic E-state index is -0.290. The molecule has 2 heterocycles. The Kier molecular flexibility index (Phi) is 4.52. The minimum Gasteiger partial charge on any atom is -0.338 e. The molecule has 7 heteroatoms. The van der Waals surface area contributed by atoms with Crippen LogP contribution in [0.1, 0.15) is 10.8 Å². The zero-order valence-corrected chi connectivity index (χ0v) is 13.4. The van der Waals surface area contributed by atoms with Gasteiger partial charge in [0.25, 0.3) is 0 Å². The average molecular weight is 338 g/mol. The second-order valence-corrected chi connectivity index (χ2v) is 6.70. The first kappa shape index (κ1) is 15.1. The van der Waals surface area contributed by atoms with Crippen molar-refractivity contribution in [1.82, 2.24) is 15.0 Å². The third-order valence-electron chi connectivity index (χ3n) is 3.03. The Bertz CT molecular complexity index is 756. The van der Waals surface area contributed by atoms with Crippen LogP contribution >= 0.6 is 22.9 Å². The lowest BCUT2D eigenvalue weighted by Gasteiger charge is -2.12. The molecule has 0 spiro atoms. The molecule has 0 bridgehead atoms. The molecule has 0 radical (unpaired) electrons. The van der Waals surface area contributed by atoms with E-state index >= 15 is 0 Å². The van der Waals surface area contributed by atoms with Gasteiger partial charge in [-0.1, -0.05) is 16.8 Å². The first-order chi connectivity index (χ1) is 10.6. The van der Waals surface area contributed by atoms with Gasteiger partial charge in [0.1, 0.15) is 5.82 Å². The predicted molar refractivity (Wildman–Crippen MR) is 84.2 cm³/mol. The summed E-state index contributed by atoms with van der Waals surface area (Å²) in [5, 5.41) is 3.93. The molecule has 114 valence electrons. The second-order valence-electron chi connectivity index (χ2n) is 4.90. The lowest BCUT2D eigenvalue weighted by atomic mass is 10.2. The van der Waals surface area contributed by atoms with Crippen LogP contribution in [0.25, 0.3) is 11.4 Å². The maximum atomic E-state index is 12.9. The van der Waals surface area contributed by atoms with E-state index in [1.807, 2.05) is 19.2 Å². The van der Waals surface area contributed by atoms with E-state index < -0.39 is 0 Å². The number of thiophene rings is 1. The molecule has 0 N–H and O–H groups in total. The van der Waals surface area contributed by atoms with Crippen LogP contribution in [0.4, 0.5) is 4.39 Å². The van der Waals surface area contributed by atoms with Gasteiger partial charge in [0, 0.05) is 17.0 Å². The van der Waals surface area contributed by atoms with E-state index in [0.29, 0.717) is 18.3 Å². The quantitative estimate of drug-likeness (QED) is 0.699. The van der Waals surface area contributed by atoms with Gasteiger partial charge in [-0.3, -0.25) is 4.90 Å². The van der Waals surface area contributed by atoms with Crippen LogP contribution in [0, 0.1) is 5.82 Å². The van der Waals surface area contributed by atoms with Crippen molar-refractivity contribution in [3.8, 4) is 11.4 Å². The third-order valence-corrected chi connectivity index (χ3v) is 4.25. The van der Waals surface area contributed by atoms with Gasteiger partial charge >= 0.3 is 0 Å². The largest absolute Gasteiger partial charge is 0.338 e. The van der Waals surface area contributed by atoms with E-state index in [0.717, 1.165) is 16.4 Å². The normalized spacial score (nSPS) is 11.3. The Morgan fingerprint density at radius 2 is 1.95 bits per heavy atom. The summed E-state index contributed by atoms with van der Waals surface area (Å²) in [6.07, 6.45) is 0. The van der Waals surface area contributed by atoms with Crippen molar-refractivity contribution in [2.24, 2.45) is 0 Å². The Morgan fingerprint density at radius 1 is 1.18 bits per heavy atom. The molecule has 4 nitrogen and oxygen atoms in total. The fourth-order valence-electron chi connectivity index (χ4n) is 2.02. The number of halogens is 2. The van der Waals surface area contributed by atoms with Gasteiger partial charge in [-0.05, 0) is 43.4 Å². The van der Waals surface area contributed by atoms with Crippen molar-refractivity contribution in [3.05, 3.63) is 57.3 Å². The van der Waals surface area contributed by atoms with E-state index in [9.17, 15) is 4.39 Å². The summed E-state index contributed by atoms with van der Waals surface area (Å²) < 4.78 is 18.9. The van der Waals surface area contributed by atoms with Crippen LogP contribution in [0.3, 0.4) is 0 Å². The molecule has 22 heavy (non-hydrogen) atoms. The van der Waals surface area contributed by atoms with Crippen molar-refractivity contribution in [3.63, 3.8) is 0 Å². The molecule has 1 aromatic carbocycles. The van der Waals surface area contributed by atoms with E-state index in [1.54, 1.807) is 23.5 Å². The molecule has 0 atom stereocenters. The summed E-state index contributed by atoms with van der Waals surface area (Å²) in [4.78, 5) is 7.56. The zero-order chi connectivity index (χ0) is 15.5. The van der Waals surface area contributed by atoms with E-state index in [2.05, 4.69) is 15.0 Å². The van der Waals surface area contributed by atoms with Gasteiger partial charge < -0.3 is 4.52 Å². The SMILES string of the molecule is CN(Cc1nc(-c2ccc(F)cc2)no1)Cc1ccc(Cl)s1. The molecule has 0 unspecified atom stereocenters. The molecular weight excluding hydrogens is 325 g/mol. The standard InChI is InChI=1S/C15H13ClFN3OS/c1-20(8-12-6-7-13(16)22-12)9-14-18-15(19-21-14)10-2-4-11(17)5-3-10/h2-7H,8-9H2,1H3. The Morgan fingerprint density at radius 3 is 2.64 bits per heavy atom. The number of rotatable bonds is 5. The maximum absolute atomic E-state index is 12.9. The first-order valence-electron chi connectivity index (χ1n) is 6.61. The highest BCUT2D eigenvalue weighted by Gasteiger charge is 2.11. The maximum Gasteiger partial charge on any atom is 0.241 e. The third kappa shape index (κ3) is 3.71. The van der Waals surface area contributed by atoms with Crippen LogP contribution in [-0.4, -0.2) is 22.1 Å². The van der Waals surface area contributed by atoms with E-state index in [-0.39, 0.29) is 5.82 Å². The number of aromatic nitrogens is 2. The van der Waals surface area contributed by atoms with Gasteiger partial charge in [0.2, 0.25) is 11.7 Å². The van der Waals surface area contributed by atoms with Crippen LogP contribution in [0.15, 0.2) is 40.9 Å². The van der Waals surface area contributed by atoms with E-state index in [4.69, 9.17) is 16.1 Å². The van der Waals surface area contributed by atoms with Crippen molar-refractivity contribution in [2.75, 3.05) is 7.05 Å². The summed E-state index contributed by atoms with van der Waals surface area (Å²) in [6, 6.07) is 9.88. The van der Waals surface area contributed by atoms with Crippen molar-refractivity contribution in [1.29, 1.82) is 0 Å². The van der Waals surface area contributed by atoms with Crippen LogP contribution in [0.5, 0.6) is 0 Å². The van der Waals surface area contributed by atoms with E-state index in [1.165, 1.54) is 17.0 Å². The van der Waals surface area contributed by atoms with Crippen molar-refractivity contribution < 1.29 is 8.91 Å². The predicted octanol–water partition coefficient (Wildman–Crippen LogP) is 4.22. The molecule has 0 aliphatic heterocycles. The minimum absolute atomic E-state index is 0.290. The lowest BCUT2D eigenvalue weighted by molar-refractivity contribution is 0.262. The molecule has 3 rings (SSSR count). The van der Waals surface area contributed by atoms with Gasteiger partial charge in [0.05, 0.1) is 10.9 Å². The van der Waals surface area contributed by atoms with Crippen LogP contribution in [0.2, 0.25) is 4.34 Å². The molecule has 0 saturated carbocycles. The van der Waals surface area contributed by atoms with Gasteiger partial charge in [-0.25, -0.2) is 4.39 Å². The monoisotopic (exact) mass is 337 g/mol. The topological polar surface area (TPSA) is 42.2 Å². The van der Waals surface area contributed by atoms with Crippen LogP contribution in [-0.2, 0) is 13.1 Å². The summed E-state index contributed by atoms with van der Waals surface area (Å²) in [6.45, 7) is 1.29. The molecule has 2 aromatic heterocycles. The fraction of sp³-hybridized carbons (Fsp3) is 0.200. The molecule has 0 aliphatic carbocycles. The van der Waals surface area contributed by atoms with Gasteiger partial charge in [-0.15, -0.1) is 11.3 Å². The molecule has 0 fully saturated rings. The summed E-state index contributed by atoms with van der Waals surface area (Å²) in [5.41, 5.74) is 0.726. The molecule has 0 aliphatic rings. The van der Waals surface area contributed by atoms with Crippen molar-refractivity contribution >= 4 is 22.9 Å². The number of hydrogen-bond donors (Lipinski definition) is 0. The summed E-state index contributed by atoms with van der Waals surface area (Å²) in [5.74, 6) is 0.689. The molecule has 3 aromatic rings. The highest BCUT2D eigenvalue weighted by Crippen LogP contribution is 2.23. The average Bonchev–Trinajstić information content (AvgIpc) is 3.09. The van der Waals surface area contributed by atoms with Crippen molar-refractivity contribution in [2.45, 2.75) is 13.1 Å². The number of hydrogen-bond acceptors (Lipinski definition) is 5. The second kappa shape index (κ2) is 6.56.